The molecule has 15 heavy (non-hydrogen) atoms. The lowest BCUT2D eigenvalue weighted by Crippen LogP contribution is -1.89. The first-order valence-electron chi connectivity index (χ1n) is 5.76. The quantitative estimate of drug-likeness (QED) is 0.742. The number of rotatable bonds is 1. The standard InChI is InChI=1S/C11H16.C2H6.CH5N/c1-8(2)11-6-5-9(3)10(4)7-11;2*1-2/h5-8H,1-4H3;1-2H3;2H2,1H3. The van der Waals surface area contributed by atoms with Gasteiger partial charge in [0.05, 0.1) is 0 Å². The molecule has 0 amide bonds. The van der Waals surface area contributed by atoms with Crippen LogP contribution in [0.5, 0.6) is 0 Å². The van der Waals surface area contributed by atoms with Crippen molar-refractivity contribution in [2.45, 2.75) is 47.5 Å². The fourth-order valence-corrected chi connectivity index (χ4v) is 1.12. The minimum atomic E-state index is 0.647. The van der Waals surface area contributed by atoms with Crippen molar-refractivity contribution in [2.75, 3.05) is 7.05 Å². The Hall–Kier alpha value is -0.820. The third kappa shape index (κ3) is 6.29. The highest BCUT2D eigenvalue weighted by molar-refractivity contribution is 5.31. The van der Waals surface area contributed by atoms with E-state index in [1.807, 2.05) is 13.8 Å². The van der Waals surface area contributed by atoms with Crippen LogP contribution in [0, 0.1) is 13.8 Å². The summed E-state index contributed by atoms with van der Waals surface area (Å²) in [6, 6.07) is 6.69. The predicted molar refractivity (Wildman–Crippen MR) is 71.5 cm³/mol. The van der Waals surface area contributed by atoms with Gasteiger partial charge in [-0.3, -0.25) is 0 Å². The summed E-state index contributed by atoms with van der Waals surface area (Å²) in [6.07, 6.45) is 0. The van der Waals surface area contributed by atoms with E-state index in [-0.39, 0.29) is 0 Å². The maximum absolute atomic E-state index is 4.50. The monoisotopic (exact) mass is 209 g/mol. The van der Waals surface area contributed by atoms with Gasteiger partial charge in [-0.25, -0.2) is 0 Å². The number of hydrogen-bond donors (Lipinski definition) is 1. The van der Waals surface area contributed by atoms with Crippen molar-refractivity contribution >= 4 is 0 Å². The van der Waals surface area contributed by atoms with Crippen LogP contribution in [-0.2, 0) is 0 Å². The third-order valence-corrected chi connectivity index (χ3v) is 2.20. The smallest absolute Gasteiger partial charge is 0.0195 e. The molecule has 1 rings (SSSR count). The zero-order valence-electron chi connectivity index (χ0n) is 11.4. The molecule has 0 saturated carbocycles. The van der Waals surface area contributed by atoms with Gasteiger partial charge in [0.15, 0.2) is 0 Å². The molecule has 0 heterocycles. The van der Waals surface area contributed by atoms with Crippen LogP contribution in [0.4, 0.5) is 0 Å². The highest BCUT2D eigenvalue weighted by Crippen LogP contribution is 2.17. The van der Waals surface area contributed by atoms with Crippen molar-refractivity contribution in [3.05, 3.63) is 34.9 Å². The average molecular weight is 209 g/mol. The van der Waals surface area contributed by atoms with Gasteiger partial charge in [-0.15, -0.1) is 0 Å². The minimum absolute atomic E-state index is 0.647. The summed E-state index contributed by atoms with van der Waals surface area (Å²) in [4.78, 5) is 0. The summed E-state index contributed by atoms with van der Waals surface area (Å²) in [7, 11) is 1.50. The maximum atomic E-state index is 4.50. The number of benzene rings is 1. The van der Waals surface area contributed by atoms with E-state index in [4.69, 9.17) is 0 Å². The molecular formula is C14H27N. The SMILES string of the molecule is CC.CN.Cc1ccc(C(C)C)cc1C. The molecule has 0 bridgehead atoms. The van der Waals surface area contributed by atoms with Crippen molar-refractivity contribution < 1.29 is 0 Å². The van der Waals surface area contributed by atoms with Crippen molar-refractivity contribution in [1.82, 2.24) is 0 Å². The van der Waals surface area contributed by atoms with E-state index in [0.717, 1.165) is 0 Å². The summed E-state index contributed by atoms with van der Waals surface area (Å²) in [5.41, 5.74) is 8.72. The fourth-order valence-electron chi connectivity index (χ4n) is 1.12. The number of nitrogens with two attached hydrogens (primary N) is 1. The molecule has 0 atom stereocenters. The molecule has 1 heteroatoms. The summed E-state index contributed by atoms with van der Waals surface area (Å²) in [5.74, 6) is 0.647. The normalized spacial score (nSPS) is 8.60. The molecule has 0 aliphatic rings. The van der Waals surface area contributed by atoms with Crippen LogP contribution in [0.15, 0.2) is 18.2 Å². The Labute approximate surface area is 95.7 Å². The average Bonchev–Trinajstić information content (AvgIpc) is 2.27. The van der Waals surface area contributed by atoms with E-state index < -0.39 is 0 Å². The van der Waals surface area contributed by atoms with Crippen molar-refractivity contribution in [1.29, 1.82) is 0 Å². The first kappa shape index (κ1) is 16.6. The van der Waals surface area contributed by atoms with Gasteiger partial charge in [-0.2, -0.15) is 0 Å². The molecule has 0 aromatic heterocycles. The molecule has 0 aliphatic heterocycles. The van der Waals surface area contributed by atoms with Crippen LogP contribution in [-0.4, -0.2) is 7.05 Å². The Kier molecular flexibility index (Phi) is 10.8. The van der Waals surface area contributed by atoms with Gasteiger partial charge in [0, 0.05) is 0 Å². The van der Waals surface area contributed by atoms with Crippen molar-refractivity contribution in [3.63, 3.8) is 0 Å². The Morgan fingerprint density at radius 1 is 0.933 bits per heavy atom. The zero-order valence-corrected chi connectivity index (χ0v) is 11.4. The van der Waals surface area contributed by atoms with E-state index in [2.05, 4.69) is 51.6 Å². The van der Waals surface area contributed by atoms with Gasteiger partial charge in [0.1, 0.15) is 0 Å². The van der Waals surface area contributed by atoms with E-state index in [0.29, 0.717) is 5.92 Å². The Bertz CT molecular complexity index is 252. The molecule has 2 N–H and O–H groups in total. The molecule has 1 aromatic rings. The lowest BCUT2D eigenvalue weighted by Gasteiger charge is -2.07. The van der Waals surface area contributed by atoms with Crippen molar-refractivity contribution in [2.24, 2.45) is 5.73 Å². The van der Waals surface area contributed by atoms with Crippen LogP contribution < -0.4 is 5.73 Å². The summed E-state index contributed by atoms with van der Waals surface area (Å²) >= 11 is 0. The van der Waals surface area contributed by atoms with Gasteiger partial charge in [-0.1, -0.05) is 45.9 Å². The van der Waals surface area contributed by atoms with Crippen molar-refractivity contribution in [3.8, 4) is 0 Å². The highest BCUT2D eigenvalue weighted by atomic mass is 14.4. The lowest BCUT2D eigenvalue weighted by molar-refractivity contribution is 0.864. The van der Waals surface area contributed by atoms with E-state index in [1.165, 1.54) is 23.7 Å². The predicted octanol–water partition coefficient (Wildman–Crippen LogP) is 4.03. The molecule has 0 spiro atoms. The lowest BCUT2D eigenvalue weighted by atomic mass is 9.99. The fraction of sp³-hybridized carbons (Fsp3) is 0.571. The molecule has 0 radical (unpaired) electrons. The second-order valence-corrected chi connectivity index (χ2v) is 3.50. The van der Waals surface area contributed by atoms with E-state index in [9.17, 15) is 0 Å². The molecule has 1 nitrogen and oxygen atoms in total. The van der Waals surface area contributed by atoms with Crippen LogP contribution >= 0.6 is 0 Å². The molecule has 88 valence electrons. The largest absolute Gasteiger partial charge is 0.333 e. The molecular weight excluding hydrogens is 182 g/mol. The number of aryl methyl sites for hydroxylation is 2. The molecule has 0 fully saturated rings. The van der Waals surface area contributed by atoms with Crippen LogP contribution in [0.25, 0.3) is 0 Å². The first-order valence-corrected chi connectivity index (χ1v) is 5.76. The van der Waals surface area contributed by atoms with E-state index >= 15 is 0 Å². The zero-order chi connectivity index (χ0) is 12.4. The summed E-state index contributed by atoms with van der Waals surface area (Å²) in [6.45, 7) is 12.8. The Balaban J connectivity index is 0. The summed E-state index contributed by atoms with van der Waals surface area (Å²) in [5, 5.41) is 0. The summed E-state index contributed by atoms with van der Waals surface area (Å²) < 4.78 is 0. The van der Waals surface area contributed by atoms with Crippen LogP contribution in [0.1, 0.15) is 50.3 Å². The number of hydrogen-bond acceptors (Lipinski definition) is 1. The third-order valence-electron chi connectivity index (χ3n) is 2.20. The molecule has 0 aliphatic carbocycles. The van der Waals surface area contributed by atoms with Gasteiger partial charge < -0.3 is 5.73 Å². The van der Waals surface area contributed by atoms with Crippen LogP contribution in [0.2, 0.25) is 0 Å². The Morgan fingerprint density at radius 3 is 1.73 bits per heavy atom. The second-order valence-electron chi connectivity index (χ2n) is 3.50. The maximum Gasteiger partial charge on any atom is -0.0195 e. The minimum Gasteiger partial charge on any atom is -0.333 e. The molecule has 0 saturated heterocycles. The Morgan fingerprint density at radius 2 is 1.40 bits per heavy atom. The second kappa shape index (κ2) is 9.72. The van der Waals surface area contributed by atoms with E-state index in [1.54, 1.807) is 0 Å². The van der Waals surface area contributed by atoms with Gasteiger partial charge >= 0.3 is 0 Å². The highest BCUT2D eigenvalue weighted by Gasteiger charge is 1.99. The van der Waals surface area contributed by atoms with Crippen LogP contribution in [0.3, 0.4) is 0 Å². The van der Waals surface area contributed by atoms with Gasteiger partial charge in [-0.05, 0) is 43.5 Å². The van der Waals surface area contributed by atoms with Gasteiger partial charge in [0.2, 0.25) is 0 Å². The first-order chi connectivity index (χ1) is 7.11. The molecule has 1 aromatic carbocycles. The topological polar surface area (TPSA) is 26.0 Å². The van der Waals surface area contributed by atoms with Gasteiger partial charge in [0.25, 0.3) is 0 Å². The molecule has 0 unspecified atom stereocenters.